The Kier molecular flexibility index (Phi) is 11.6. The van der Waals surface area contributed by atoms with Crippen molar-refractivity contribution in [3.8, 4) is 5.75 Å². The van der Waals surface area contributed by atoms with Crippen molar-refractivity contribution < 1.29 is 14.3 Å². The smallest absolute Gasteiger partial charge is 0.220 e. The molecule has 1 amide bonds. The number of pyridine rings is 1. The van der Waals surface area contributed by atoms with Crippen molar-refractivity contribution in [2.75, 3.05) is 26.8 Å². The molecule has 3 aliphatic heterocycles. The van der Waals surface area contributed by atoms with E-state index in [1.807, 2.05) is 33.0 Å². The Bertz CT molecular complexity index is 1130. The predicted molar refractivity (Wildman–Crippen MR) is 168 cm³/mol. The zero-order valence-corrected chi connectivity index (χ0v) is 26.0. The van der Waals surface area contributed by atoms with Gasteiger partial charge in [-0.15, -0.1) is 6.58 Å². The van der Waals surface area contributed by atoms with Gasteiger partial charge in [-0.05, 0) is 94.7 Å². The van der Waals surface area contributed by atoms with Crippen LogP contribution in [0.3, 0.4) is 0 Å². The van der Waals surface area contributed by atoms with E-state index in [0.717, 1.165) is 62.0 Å². The fraction of sp³-hybridized carbons (Fsp3) is 0.657. The van der Waals surface area contributed by atoms with E-state index in [-0.39, 0.29) is 17.6 Å². The van der Waals surface area contributed by atoms with Crippen LogP contribution in [0.2, 0.25) is 0 Å². The van der Waals surface area contributed by atoms with E-state index < -0.39 is 0 Å². The monoisotopic (exact) mass is 563 g/mol. The fourth-order valence-corrected chi connectivity index (χ4v) is 6.76. The van der Waals surface area contributed by atoms with Gasteiger partial charge < -0.3 is 14.8 Å². The number of rotatable bonds is 16. The molecule has 0 aliphatic carbocycles. The lowest BCUT2D eigenvalue weighted by atomic mass is 9.73. The molecule has 3 fully saturated rings. The second-order valence-electron chi connectivity index (χ2n) is 13.2. The molecule has 3 saturated heterocycles. The minimum atomic E-state index is -0.136. The maximum atomic E-state index is 12.0. The van der Waals surface area contributed by atoms with Gasteiger partial charge in [0, 0.05) is 42.7 Å². The highest BCUT2D eigenvalue weighted by atomic mass is 16.5. The Hall–Kier alpha value is -2.44. The van der Waals surface area contributed by atoms with Crippen molar-refractivity contribution in [1.29, 1.82) is 0 Å². The average Bonchev–Trinajstić information content (AvgIpc) is 2.96. The number of benzene rings is 1. The van der Waals surface area contributed by atoms with Gasteiger partial charge in [0.2, 0.25) is 5.91 Å². The molecule has 0 saturated carbocycles. The predicted octanol–water partition coefficient (Wildman–Crippen LogP) is 7.62. The van der Waals surface area contributed by atoms with Crippen molar-refractivity contribution in [2.24, 2.45) is 11.8 Å². The molecule has 4 heterocycles. The summed E-state index contributed by atoms with van der Waals surface area (Å²) in [6.07, 6.45) is 16.5. The number of nitrogens with zero attached hydrogens (tertiary/aromatic N) is 2. The van der Waals surface area contributed by atoms with Crippen LogP contribution in [-0.2, 0) is 9.53 Å². The van der Waals surface area contributed by atoms with Crippen LogP contribution in [-0.4, -0.2) is 54.2 Å². The number of piperidine rings is 3. The van der Waals surface area contributed by atoms with E-state index >= 15 is 0 Å². The molecular weight excluding hydrogens is 510 g/mol. The van der Waals surface area contributed by atoms with Crippen molar-refractivity contribution in [2.45, 2.75) is 109 Å². The summed E-state index contributed by atoms with van der Waals surface area (Å²) in [5.74, 6) is 2.32. The van der Waals surface area contributed by atoms with Crippen LogP contribution in [0.15, 0.2) is 43.1 Å². The first kappa shape index (κ1) is 31.5. The molecule has 2 bridgehead atoms. The first-order valence-corrected chi connectivity index (χ1v) is 16.0. The molecule has 6 heteroatoms. The third-order valence-electron chi connectivity index (χ3n) is 8.90. The van der Waals surface area contributed by atoms with Gasteiger partial charge in [-0.1, -0.05) is 44.6 Å². The summed E-state index contributed by atoms with van der Waals surface area (Å²) in [5, 5.41) is 4.18. The van der Waals surface area contributed by atoms with Gasteiger partial charge in [-0.25, -0.2) is 0 Å². The molecule has 5 atom stereocenters. The second kappa shape index (κ2) is 15.2. The van der Waals surface area contributed by atoms with Gasteiger partial charge in [-0.3, -0.25) is 14.7 Å². The fourth-order valence-electron chi connectivity index (χ4n) is 6.76. The highest BCUT2D eigenvalue weighted by Gasteiger charge is 2.43. The minimum Gasteiger partial charge on any atom is -0.497 e. The molecule has 2 aromatic rings. The van der Waals surface area contributed by atoms with Crippen LogP contribution in [0.5, 0.6) is 5.75 Å². The van der Waals surface area contributed by atoms with E-state index in [9.17, 15) is 4.79 Å². The van der Waals surface area contributed by atoms with Gasteiger partial charge in [-0.2, -0.15) is 0 Å². The van der Waals surface area contributed by atoms with Crippen LogP contribution >= 0.6 is 0 Å². The normalized spacial score (nSPS) is 22.9. The van der Waals surface area contributed by atoms with Gasteiger partial charge in [0.05, 0.1) is 18.7 Å². The van der Waals surface area contributed by atoms with Gasteiger partial charge in [0.25, 0.3) is 0 Å². The Morgan fingerprint density at radius 1 is 1.12 bits per heavy atom. The largest absolute Gasteiger partial charge is 0.497 e. The number of fused-ring (bicyclic) bond motifs is 4. The van der Waals surface area contributed by atoms with Gasteiger partial charge in [0.15, 0.2) is 0 Å². The Morgan fingerprint density at radius 3 is 2.51 bits per heavy atom. The topological polar surface area (TPSA) is 63.7 Å². The summed E-state index contributed by atoms with van der Waals surface area (Å²) in [4.78, 5) is 19.2. The standard InChI is InChI=1S/C35H53N3O3/c1-6-26-25-38-21-19-27(26)23-32(38)34(29-18-20-36-31-17-16-28(40-5)24-30(29)31)41-22-14-12-10-8-7-9-11-13-15-33(39)37-35(2,3)4/h6,16-18,20,24,26-27,32,34H,1,7-15,19,21-23,25H2,2-5H3,(H,37,39)/t26-,27-,32-,34+/m0/s1. The first-order valence-electron chi connectivity index (χ1n) is 16.0. The van der Waals surface area contributed by atoms with E-state index in [1.54, 1.807) is 7.11 Å². The SMILES string of the molecule is C=C[C@H]1CN2CC[C@H]1C[C@H]2[C@H](OCCCCCCCCCCC(=O)NC(C)(C)C)c1ccnc2ccc(OC)cc12. The first-order chi connectivity index (χ1) is 19.8. The summed E-state index contributed by atoms with van der Waals surface area (Å²) >= 11 is 0. The molecule has 226 valence electrons. The second-order valence-corrected chi connectivity index (χ2v) is 13.2. The van der Waals surface area contributed by atoms with Crippen LogP contribution < -0.4 is 10.1 Å². The number of carbonyl (C=O) groups excluding carboxylic acids is 1. The Balaban J connectivity index is 1.26. The molecule has 1 unspecified atom stereocenters. The lowest BCUT2D eigenvalue weighted by Gasteiger charge is -2.51. The van der Waals surface area contributed by atoms with Crippen LogP contribution in [0, 0.1) is 11.8 Å². The molecule has 41 heavy (non-hydrogen) atoms. The summed E-state index contributed by atoms with van der Waals surface area (Å²) < 4.78 is 12.4. The summed E-state index contributed by atoms with van der Waals surface area (Å²) in [6.45, 7) is 13.2. The summed E-state index contributed by atoms with van der Waals surface area (Å²) in [5.41, 5.74) is 2.09. The van der Waals surface area contributed by atoms with Gasteiger partial charge in [0.1, 0.15) is 5.75 Å². The molecule has 3 aliphatic rings. The molecule has 0 radical (unpaired) electrons. The molecule has 1 N–H and O–H groups in total. The number of aromatic nitrogens is 1. The van der Waals surface area contributed by atoms with Crippen molar-refractivity contribution in [3.05, 3.63) is 48.7 Å². The van der Waals surface area contributed by atoms with E-state index in [0.29, 0.717) is 24.3 Å². The lowest BCUT2D eigenvalue weighted by molar-refractivity contribution is -0.122. The van der Waals surface area contributed by atoms with Crippen molar-refractivity contribution >= 4 is 16.8 Å². The Labute approximate surface area is 248 Å². The Morgan fingerprint density at radius 2 is 1.85 bits per heavy atom. The maximum absolute atomic E-state index is 12.0. The van der Waals surface area contributed by atoms with Crippen molar-refractivity contribution in [1.82, 2.24) is 15.2 Å². The van der Waals surface area contributed by atoms with E-state index in [4.69, 9.17) is 9.47 Å². The number of carbonyl (C=O) groups is 1. The number of hydrogen-bond donors (Lipinski definition) is 1. The van der Waals surface area contributed by atoms with Gasteiger partial charge >= 0.3 is 0 Å². The van der Waals surface area contributed by atoms with Crippen LogP contribution in [0.4, 0.5) is 0 Å². The molecule has 1 aromatic heterocycles. The highest BCUT2D eigenvalue weighted by Crippen LogP contribution is 2.43. The molecular formula is C35H53N3O3. The van der Waals surface area contributed by atoms with Crippen LogP contribution in [0.25, 0.3) is 10.9 Å². The van der Waals surface area contributed by atoms with E-state index in [2.05, 4.69) is 46.1 Å². The number of unbranched alkanes of at least 4 members (excludes halogenated alkanes) is 7. The zero-order valence-electron chi connectivity index (χ0n) is 26.0. The number of ether oxygens (including phenoxy) is 2. The number of nitrogens with one attached hydrogen (secondary N) is 1. The summed E-state index contributed by atoms with van der Waals surface area (Å²) in [6, 6.07) is 8.70. The summed E-state index contributed by atoms with van der Waals surface area (Å²) in [7, 11) is 1.72. The molecule has 1 aromatic carbocycles. The molecule has 5 rings (SSSR count). The third kappa shape index (κ3) is 9.02. The van der Waals surface area contributed by atoms with Crippen LogP contribution in [0.1, 0.15) is 103 Å². The van der Waals surface area contributed by atoms with E-state index in [1.165, 1.54) is 44.1 Å². The highest BCUT2D eigenvalue weighted by molar-refractivity contribution is 5.84. The minimum absolute atomic E-state index is 0.0247. The molecule has 6 nitrogen and oxygen atoms in total. The third-order valence-corrected chi connectivity index (χ3v) is 8.90. The average molecular weight is 564 g/mol. The zero-order chi connectivity index (χ0) is 29.2. The quantitative estimate of drug-likeness (QED) is 0.168. The van der Waals surface area contributed by atoms with Crippen molar-refractivity contribution in [3.63, 3.8) is 0 Å². The number of amides is 1. The molecule has 0 spiro atoms. The number of hydrogen-bond acceptors (Lipinski definition) is 5. The lowest BCUT2D eigenvalue weighted by Crippen LogP contribution is -2.55. The number of methoxy groups -OCH3 is 1. The maximum Gasteiger partial charge on any atom is 0.220 e.